The summed E-state index contributed by atoms with van der Waals surface area (Å²) >= 11 is 1.25. The minimum absolute atomic E-state index is 0.237. The van der Waals surface area contributed by atoms with E-state index in [0.717, 1.165) is 43.7 Å². The third-order valence-electron chi connectivity index (χ3n) is 6.20. The average molecular weight is 474 g/mol. The van der Waals surface area contributed by atoms with Gasteiger partial charge < -0.3 is 10.7 Å². The zero-order valence-corrected chi connectivity index (χ0v) is 18.4. The van der Waals surface area contributed by atoms with Crippen LogP contribution in [0, 0.1) is 0 Å². The van der Waals surface area contributed by atoms with Crippen LogP contribution in [0.3, 0.4) is 0 Å². The second-order valence-corrected chi connectivity index (χ2v) is 9.44. The van der Waals surface area contributed by atoms with Crippen molar-refractivity contribution >= 4 is 23.4 Å². The Morgan fingerprint density at radius 2 is 1.73 bits per heavy atom. The van der Waals surface area contributed by atoms with Crippen molar-refractivity contribution in [1.29, 1.82) is 0 Å². The molecule has 0 radical (unpaired) electrons. The van der Waals surface area contributed by atoms with Crippen molar-refractivity contribution in [1.82, 2.24) is 14.9 Å². The number of anilines is 1. The van der Waals surface area contributed by atoms with E-state index in [2.05, 4.69) is 20.9 Å². The quantitative estimate of drug-likeness (QED) is 0.539. The van der Waals surface area contributed by atoms with E-state index in [-0.39, 0.29) is 5.69 Å². The van der Waals surface area contributed by atoms with Crippen LogP contribution in [0.2, 0.25) is 0 Å². The van der Waals surface area contributed by atoms with Gasteiger partial charge in [0.1, 0.15) is 5.25 Å². The maximum absolute atomic E-state index is 13.5. The van der Waals surface area contributed by atoms with Crippen LogP contribution in [-0.4, -0.2) is 31.6 Å². The van der Waals surface area contributed by atoms with Gasteiger partial charge in [-0.25, -0.2) is 4.68 Å². The number of rotatable bonds is 3. The molecule has 0 bridgehead atoms. The monoisotopic (exact) mass is 473 g/mol. The molecule has 1 spiro atoms. The summed E-state index contributed by atoms with van der Waals surface area (Å²) in [7, 11) is 0. The molecule has 2 aromatic carbocycles. The van der Waals surface area contributed by atoms with Gasteiger partial charge in [-0.15, -0.1) is 10.2 Å². The molecule has 6 nitrogen and oxygen atoms in total. The van der Waals surface area contributed by atoms with Gasteiger partial charge in [0.2, 0.25) is 11.1 Å². The van der Waals surface area contributed by atoms with E-state index in [1.165, 1.54) is 30.0 Å². The smallest absolute Gasteiger partial charge is 0.324 e. The molecule has 2 aliphatic rings. The number of hydrogen-bond acceptors (Lipinski definition) is 5. The topological polar surface area (TPSA) is 71.8 Å². The molecule has 1 fully saturated rings. The number of thioether (sulfide) groups is 1. The molecule has 1 aromatic heterocycles. The first kappa shape index (κ1) is 21.8. The van der Waals surface area contributed by atoms with Crippen LogP contribution >= 0.6 is 11.8 Å². The normalized spacial score (nSPS) is 19.5. The van der Waals surface area contributed by atoms with Crippen molar-refractivity contribution in [2.24, 2.45) is 0 Å². The lowest BCUT2D eigenvalue weighted by Gasteiger charge is -2.46. The van der Waals surface area contributed by atoms with Gasteiger partial charge in [0.05, 0.1) is 16.8 Å². The van der Waals surface area contributed by atoms with E-state index in [1.807, 2.05) is 35.0 Å². The molecular weight excluding hydrogens is 451 g/mol. The molecule has 33 heavy (non-hydrogen) atoms. The lowest BCUT2D eigenvalue weighted by atomic mass is 9.79. The first-order valence-electron chi connectivity index (χ1n) is 10.8. The Bertz CT molecular complexity index is 1160. The standard InChI is InChI=1S/C23H22F3N5OS/c24-23(25,26)16-11-5-6-12-17(16)27-20(32)18-22(13-7-2-8-14-22)30-31-19(28-29-21(31)33-18)15-9-3-1-4-10-15/h1,3-6,9-12,18,30H,2,7-8,13-14H2,(H,27,32)/t18-/m1/s1. The van der Waals surface area contributed by atoms with E-state index in [9.17, 15) is 18.0 Å². The maximum Gasteiger partial charge on any atom is 0.418 e. The Morgan fingerprint density at radius 1 is 1.03 bits per heavy atom. The van der Waals surface area contributed by atoms with Crippen LogP contribution in [-0.2, 0) is 11.0 Å². The lowest BCUT2D eigenvalue weighted by Crippen LogP contribution is -2.59. The third-order valence-corrected chi connectivity index (χ3v) is 7.58. The van der Waals surface area contributed by atoms with Gasteiger partial charge in [-0.3, -0.25) is 4.79 Å². The number of carbonyl (C=O) groups excluding carboxylic acids is 1. The van der Waals surface area contributed by atoms with Crippen LogP contribution in [0.25, 0.3) is 11.4 Å². The summed E-state index contributed by atoms with van der Waals surface area (Å²) in [6, 6.07) is 14.7. The zero-order valence-electron chi connectivity index (χ0n) is 17.6. The molecule has 1 saturated carbocycles. The van der Waals surface area contributed by atoms with E-state index in [1.54, 1.807) is 0 Å². The highest BCUT2D eigenvalue weighted by Gasteiger charge is 2.49. The van der Waals surface area contributed by atoms with Gasteiger partial charge in [0.25, 0.3) is 0 Å². The molecule has 1 aliphatic carbocycles. The van der Waals surface area contributed by atoms with Gasteiger partial charge in [0, 0.05) is 5.56 Å². The van der Waals surface area contributed by atoms with E-state index < -0.39 is 28.4 Å². The Morgan fingerprint density at radius 3 is 2.45 bits per heavy atom. The Labute approximate surface area is 192 Å². The fourth-order valence-corrected chi connectivity index (χ4v) is 5.84. The minimum atomic E-state index is -4.56. The molecule has 0 unspecified atom stereocenters. The Balaban J connectivity index is 1.49. The van der Waals surface area contributed by atoms with Crippen LogP contribution < -0.4 is 10.7 Å². The highest BCUT2D eigenvalue weighted by molar-refractivity contribution is 8.00. The molecule has 1 amide bonds. The second-order valence-electron chi connectivity index (χ2n) is 8.37. The highest BCUT2D eigenvalue weighted by Crippen LogP contribution is 2.45. The molecule has 0 saturated heterocycles. The fourth-order valence-electron chi connectivity index (χ4n) is 4.62. The molecule has 1 aliphatic heterocycles. The van der Waals surface area contributed by atoms with Crippen molar-refractivity contribution in [3.8, 4) is 11.4 Å². The van der Waals surface area contributed by atoms with E-state index >= 15 is 0 Å². The summed E-state index contributed by atoms with van der Waals surface area (Å²) < 4.78 is 42.2. The number of hydrogen-bond donors (Lipinski definition) is 2. The predicted octanol–water partition coefficient (Wildman–Crippen LogP) is 5.32. The summed E-state index contributed by atoms with van der Waals surface area (Å²) in [5.74, 6) is 0.172. The van der Waals surface area contributed by atoms with E-state index in [0.29, 0.717) is 11.0 Å². The molecule has 2 heterocycles. The van der Waals surface area contributed by atoms with Crippen molar-refractivity contribution < 1.29 is 18.0 Å². The van der Waals surface area contributed by atoms with Gasteiger partial charge in [-0.05, 0) is 25.0 Å². The van der Waals surface area contributed by atoms with Crippen molar-refractivity contribution in [3.05, 3.63) is 60.2 Å². The molecular formula is C23H22F3N5OS. The van der Waals surface area contributed by atoms with Gasteiger partial charge in [-0.2, -0.15) is 13.2 Å². The zero-order chi connectivity index (χ0) is 23.1. The maximum atomic E-state index is 13.5. The van der Waals surface area contributed by atoms with E-state index in [4.69, 9.17) is 0 Å². The molecule has 172 valence electrons. The summed E-state index contributed by atoms with van der Waals surface area (Å²) in [4.78, 5) is 13.4. The lowest BCUT2D eigenvalue weighted by molar-refractivity contribution is -0.137. The number of para-hydroxylation sites is 1. The third kappa shape index (κ3) is 4.07. The summed E-state index contributed by atoms with van der Waals surface area (Å²) in [5, 5.41) is 11.0. The summed E-state index contributed by atoms with van der Waals surface area (Å²) in [6.45, 7) is 0. The van der Waals surface area contributed by atoms with Gasteiger partial charge >= 0.3 is 6.18 Å². The number of nitrogens with one attached hydrogen (secondary N) is 2. The molecule has 1 atom stereocenters. The van der Waals surface area contributed by atoms with Crippen molar-refractivity contribution in [2.45, 2.75) is 54.2 Å². The molecule has 3 aromatic rings. The highest BCUT2D eigenvalue weighted by atomic mass is 32.2. The predicted molar refractivity (Wildman–Crippen MR) is 120 cm³/mol. The molecule has 2 N–H and O–H groups in total. The first-order chi connectivity index (χ1) is 15.9. The van der Waals surface area contributed by atoms with Crippen LogP contribution in [0.1, 0.15) is 37.7 Å². The average Bonchev–Trinajstić information content (AvgIpc) is 3.21. The number of aromatic nitrogens is 3. The van der Waals surface area contributed by atoms with Crippen LogP contribution in [0.15, 0.2) is 59.8 Å². The fraction of sp³-hybridized carbons (Fsp3) is 0.348. The van der Waals surface area contributed by atoms with Gasteiger partial charge in [0.15, 0.2) is 5.82 Å². The van der Waals surface area contributed by atoms with Gasteiger partial charge in [-0.1, -0.05) is 73.5 Å². The van der Waals surface area contributed by atoms with Crippen LogP contribution in [0.5, 0.6) is 0 Å². The summed E-state index contributed by atoms with van der Waals surface area (Å²) in [6.07, 6.45) is -0.200. The van der Waals surface area contributed by atoms with Crippen LogP contribution in [0.4, 0.5) is 18.9 Å². The van der Waals surface area contributed by atoms with Crippen molar-refractivity contribution in [2.75, 3.05) is 10.7 Å². The Hall–Kier alpha value is -3.01. The number of halogens is 3. The SMILES string of the molecule is O=C(Nc1ccccc1C(F)(F)F)[C@H]1Sc2nnc(-c3ccccc3)n2NC12CCCCC2. The number of benzene rings is 2. The second kappa shape index (κ2) is 8.40. The largest absolute Gasteiger partial charge is 0.418 e. The molecule has 5 rings (SSSR count). The minimum Gasteiger partial charge on any atom is -0.324 e. The number of fused-ring (bicyclic) bond motifs is 1. The van der Waals surface area contributed by atoms with Crippen molar-refractivity contribution in [3.63, 3.8) is 0 Å². The first-order valence-corrected chi connectivity index (χ1v) is 11.7. The summed E-state index contributed by atoms with van der Waals surface area (Å²) in [5.41, 5.74) is 2.68. The number of carbonyl (C=O) groups is 1. The number of alkyl halides is 3. The molecule has 10 heteroatoms. The number of amides is 1. The Kier molecular flexibility index (Phi) is 5.55. The number of nitrogens with zero attached hydrogens (tertiary/aromatic N) is 3.